The fraction of sp³-hybridized carbons (Fsp3) is 0.312. The molecule has 4 nitrogen and oxygen atoms in total. The van der Waals surface area contributed by atoms with Crippen molar-refractivity contribution < 1.29 is 0 Å². The number of rotatable bonds is 3. The lowest BCUT2D eigenvalue weighted by atomic mass is 10.1. The van der Waals surface area contributed by atoms with Gasteiger partial charge in [-0.15, -0.1) is 0 Å². The first kappa shape index (κ1) is 12.9. The minimum absolute atomic E-state index is 0.357. The van der Waals surface area contributed by atoms with Crippen LogP contribution in [0.3, 0.4) is 0 Å². The molecule has 0 aliphatic carbocycles. The molecule has 0 aromatic carbocycles. The van der Waals surface area contributed by atoms with Crippen LogP contribution in [0.25, 0.3) is 0 Å². The Labute approximate surface area is 119 Å². The molecule has 0 unspecified atom stereocenters. The van der Waals surface area contributed by atoms with Crippen LogP contribution < -0.4 is 5.32 Å². The lowest BCUT2D eigenvalue weighted by Crippen LogP contribution is -2.30. The lowest BCUT2D eigenvalue weighted by Gasteiger charge is -2.20. The van der Waals surface area contributed by atoms with E-state index in [0.717, 1.165) is 43.0 Å². The summed E-state index contributed by atoms with van der Waals surface area (Å²) in [6.07, 6.45) is 5.75. The quantitative estimate of drug-likeness (QED) is 0.865. The van der Waals surface area contributed by atoms with Crippen LogP contribution >= 0.6 is 0 Å². The van der Waals surface area contributed by atoms with Crippen LogP contribution in [0, 0.1) is 0 Å². The number of nitrogens with one attached hydrogen (secondary N) is 1. The topological polar surface area (TPSA) is 50.2 Å². The summed E-state index contributed by atoms with van der Waals surface area (Å²) in [5.41, 5.74) is 2.69. The van der Waals surface area contributed by atoms with Crippen LogP contribution in [0.4, 0.5) is 0 Å². The zero-order valence-corrected chi connectivity index (χ0v) is 11.4. The Kier molecular flexibility index (Phi) is 4.13. The molecule has 0 atom stereocenters. The predicted octanol–water partition coefficient (Wildman–Crippen LogP) is 2.07. The van der Waals surface area contributed by atoms with Crippen LogP contribution in [-0.4, -0.2) is 34.8 Å². The number of piperidine rings is 1. The molecule has 0 amide bonds. The summed E-state index contributed by atoms with van der Waals surface area (Å²) >= 11 is 0. The van der Waals surface area contributed by atoms with Crippen molar-refractivity contribution in [3.63, 3.8) is 0 Å². The van der Waals surface area contributed by atoms with E-state index in [9.17, 15) is 0 Å². The van der Waals surface area contributed by atoms with Gasteiger partial charge in [0, 0.05) is 12.4 Å². The summed E-state index contributed by atoms with van der Waals surface area (Å²) in [6.45, 7) is 2.07. The molecule has 1 aliphatic heterocycles. The van der Waals surface area contributed by atoms with Gasteiger partial charge in [-0.2, -0.15) is 0 Å². The van der Waals surface area contributed by atoms with Gasteiger partial charge in [0.15, 0.2) is 0 Å². The minimum atomic E-state index is 0.357. The van der Waals surface area contributed by atoms with Crippen molar-refractivity contribution in [3.05, 3.63) is 60.2 Å². The first-order valence-electron chi connectivity index (χ1n) is 7.05. The van der Waals surface area contributed by atoms with E-state index in [1.165, 1.54) is 0 Å². The minimum Gasteiger partial charge on any atom is -0.317 e. The molecule has 0 saturated carbocycles. The highest BCUT2D eigenvalue weighted by Crippen LogP contribution is 2.13. The average Bonchev–Trinajstić information content (AvgIpc) is 2.55. The maximum absolute atomic E-state index is 4.93. The number of hydrogen-bond donors (Lipinski definition) is 1. The molecule has 1 N–H and O–H groups in total. The number of pyridine rings is 2. The summed E-state index contributed by atoms with van der Waals surface area (Å²) in [5.74, 6) is 0. The highest BCUT2D eigenvalue weighted by molar-refractivity contribution is 6.10. The van der Waals surface area contributed by atoms with E-state index in [0.29, 0.717) is 6.04 Å². The van der Waals surface area contributed by atoms with Gasteiger partial charge in [0.05, 0.1) is 17.4 Å². The van der Waals surface area contributed by atoms with Gasteiger partial charge in [0.2, 0.25) is 0 Å². The second kappa shape index (κ2) is 6.39. The summed E-state index contributed by atoms with van der Waals surface area (Å²) < 4.78 is 0. The van der Waals surface area contributed by atoms with Gasteiger partial charge in [0.25, 0.3) is 0 Å². The van der Waals surface area contributed by atoms with Crippen LogP contribution in [-0.2, 0) is 0 Å². The molecule has 0 spiro atoms. The summed E-state index contributed by atoms with van der Waals surface area (Å²) in [5, 5.41) is 3.37. The van der Waals surface area contributed by atoms with E-state index in [4.69, 9.17) is 4.99 Å². The Balaban J connectivity index is 1.97. The molecule has 1 saturated heterocycles. The molecule has 3 heterocycles. The predicted molar refractivity (Wildman–Crippen MR) is 80.0 cm³/mol. The SMILES string of the molecule is c1ccc(C(=NC2CCNCC2)c2ccccn2)nc1. The van der Waals surface area contributed by atoms with Crippen molar-refractivity contribution in [2.24, 2.45) is 4.99 Å². The summed E-state index contributed by atoms with van der Waals surface area (Å²) in [6, 6.07) is 12.2. The molecule has 2 aromatic rings. The molecule has 2 aromatic heterocycles. The van der Waals surface area contributed by atoms with Crippen molar-refractivity contribution in [2.45, 2.75) is 18.9 Å². The van der Waals surface area contributed by atoms with Crippen molar-refractivity contribution in [1.29, 1.82) is 0 Å². The van der Waals surface area contributed by atoms with E-state index in [-0.39, 0.29) is 0 Å². The van der Waals surface area contributed by atoms with E-state index in [1.54, 1.807) is 12.4 Å². The first-order valence-corrected chi connectivity index (χ1v) is 7.05. The van der Waals surface area contributed by atoms with Gasteiger partial charge in [-0.25, -0.2) is 0 Å². The highest BCUT2D eigenvalue weighted by Gasteiger charge is 2.15. The molecule has 4 heteroatoms. The maximum Gasteiger partial charge on any atom is 0.109 e. The van der Waals surface area contributed by atoms with Gasteiger partial charge in [0.1, 0.15) is 5.71 Å². The fourth-order valence-electron chi connectivity index (χ4n) is 2.39. The number of aromatic nitrogens is 2. The number of aliphatic imine (C=N–C) groups is 1. The van der Waals surface area contributed by atoms with E-state index in [1.807, 2.05) is 36.4 Å². The van der Waals surface area contributed by atoms with E-state index >= 15 is 0 Å². The molecule has 3 rings (SSSR count). The normalized spacial score (nSPS) is 15.8. The first-order chi connectivity index (χ1) is 9.93. The second-order valence-corrected chi connectivity index (χ2v) is 4.89. The number of hydrogen-bond acceptors (Lipinski definition) is 4. The number of nitrogens with zero attached hydrogens (tertiary/aromatic N) is 3. The summed E-state index contributed by atoms with van der Waals surface area (Å²) in [7, 11) is 0. The third-order valence-electron chi connectivity index (χ3n) is 3.44. The molecule has 102 valence electrons. The van der Waals surface area contributed by atoms with Crippen LogP contribution in [0.2, 0.25) is 0 Å². The van der Waals surface area contributed by atoms with Gasteiger partial charge >= 0.3 is 0 Å². The fourth-order valence-corrected chi connectivity index (χ4v) is 2.39. The lowest BCUT2D eigenvalue weighted by molar-refractivity contribution is 0.460. The van der Waals surface area contributed by atoms with Crippen molar-refractivity contribution in [3.8, 4) is 0 Å². The average molecular weight is 266 g/mol. The maximum atomic E-state index is 4.93. The molecule has 0 radical (unpaired) electrons. The Bertz CT molecular complexity index is 518. The van der Waals surface area contributed by atoms with E-state index < -0.39 is 0 Å². The van der Waals surface area contributed by atoms with Gasteiger partial charge in [-0.1, -0.05) is 12.1 Å². The Morgan fingerprint density at radius 2 is 1.55 bits per heavy atom. The molecule has 1 aliphatic rings. The molecule has 0 bridgehead atoms. The molecule has 1 fully saturated rings. The van der Waals surface area contributed by atoms with Crippen LogP contribution in [0.15, 0.2) is 53.8 Å². The van der Waals surface area contributed by atoms with E-state index in [2.05, 4.69) is 15.3 Å². The van der Waals surface area contributed by atoms with Gasteiger partial charge < -0.3 is 5.32 Å². The zero-order chi connectivity index (χ0) is 13.6. The van der Waals surface area contributed by atoms with Crippen molar-refractivity contribution >= 4 is 5.71 Å². The standard InChI is InChI=1S/C16H18N4/c1-3-9-18-14(5-1)16(15-6-2-4-10-19-15)20-13-7-11-17-12-8-13/h1-6,9-10,13,17H,7-8,11-12H2. The highest BCUT2D eigenvalue weighted by atomic mass is 14.9. The summed E-state index contributed by atoms with van der Waals surface area (Å²) in [4.78, 5) is 13.8. The third kappa shape index (κ3) is 3.08. The Morgan fingerprint density at radius 1 is 0.950 bits per heavy atom. The van der Waals surface area contributed by atoms with Crippen molar-refractivity contribution in [1.82, 2.24) is 15.3 Å². The third-order valence-corrected chi connectivity index (χ3v) is 3.44. The molecular weight excluding hydrogens is 248 g/mol. The van der Waals surface area contributed by atoms with Gasteiger partial charge in [-0.3, -0.25) is 15.0 Å². The Hall–Kier alpha value is -2.07. The Morgan fingerprint density at radius 3 is 2.05 bits per heavy atom. The second-order valence-electron chi connectivity index (χ2n) is 4.89. The molecular formula is C16H18N4. The largest absolute Gasteiger partial charge is 0.317 e. The monoisotopic (exact) mass is 266 g/mol. The van der Waals surface area contributed by atoms with Gasteiger partial charge in [-0.05, 0) is 50.2 Å². The molecule has 20 heavy (non-hydrogen) atoms. The van der Waals surface area contributed by atoms with Crippen LogP contribution in [0.1, 0.15) is 24.2 Å². The smallest absolute Gasteiger partial charge is 0.109 e. The van der Waals surface area contributed by atoms with Crippen LogP contribution in [0.5, 0.6) is 0 Å². The zero-order valence-electron chi connectivity index (χ0n) is 11.4. The van der Waals surface area contributed by atoms with Crippen molar-refractivity contribution in [2.75, 3.05) is 13.1 Å².